The Balaban J connectivity index is 2.98. The van der Waals surface area contributed by atoms with Crippen LogP contribution in [0.25, 0.3) is 0 Å². The Morgan fingerprint density at radius 2 is 2.33 bits per heavy atom. The summed E-state index contributed by atoms with van der Waals surface area (Å²) in [5.74, 6) is 0.388. The number of furan rings is 1. The monoisotopic (exact) mass is 122 g/mol. The van der Waals surface area contributed by atoms with Crippen LogP contribution in [0.5, 0.6) is 0 Å². The van der Waals surface area contributed by atoms with Crippen molar-refractivity contribution in [3.63, 3.8) is 0 Å². The summed E-state index contributed by atoms with van der Waals surface area (Å²) in [6, 6.07) is 3.25. The Morgan fingerprint density at radius 1 is 1.67 bits per heavy atom. The van der Waals surface area contributed by atoms with Crippen molar-refractivity contribution >= 4 is 5.78 Å². The highest BCUT2D eigenvalue weighted by Crippen LogP contribution is 2.05. The van der Waals surface area contributed by atoms with Gasteiger partial charge in [0.15, 0.2) is 5.76 Å². The van der Waals surface area contributed by atoms with Crippen molar-refractivity contribution in [3.05, 3.63) is 30.6 Å². The third kappa shape index (κ3) is 1.19. The first kappa shape index (κ1) is 6.08. The Morgan fingerprint density at radius 3 is 2.56 bits per heavy atom. The smallest absolute Gasteiger partial charge is 0.202 e. The van der Waals surface area contributed by atoms with Gasteiger partial charge in [0.2, 0.25) is 5.78 Å². The average molecular weight is 122 g/mol. The van der Waals surface area contributed by atoms with Gasteiger partial charge in [-0.3, -0.25) is 4.79 Å². The van der Waals surface area contributed by atoms with Crippen LogP contribution < -0.4 is 0 Å². The van der Waals surface area contributed by atoms with Crippen LogP contribution >= 0.6 is 0 Å². The van der Waals surface area contributed by atoms with Gasteiger partial charge in [0, 0.05) is 6.92 Å². The number of aryl methyl sites for hydroxylation is 1. The minimum Gasteiger partial charge on any atom is -0.458 e. The first-order valence-electron chi connectivity index (χ1n) is 2.56. The van der Waals surface area contributed by atoms with Gasteiger partial charge < -0.3 is 4.42 Å². The fraction of sp³-hybridized carbons (Fsp3) is 0.143. The van der Waals surface area contributed by atoms with Crippen LogP contribution in [0.3, 0.4) is 0 Å². The van der Waals surface area contributed by atoms with Gasteiger partial charge in [-0.15, -0.1) is 0 Å². The van der Waals surface area contributed by atoms with Crippen LogP contribution in [0.1, 0.15) is 16.3 Å². The standard InChI is InChI=1S/C7H6O2/c1-5-3-4-7(9-5)6(2)8/h2-4H,1H3. The third-order valence-corrected chi connectivity index (χ3v) is 0.983. The topological polar surface area (TPSA) is 30.2 Å². The molecular weight excluding hydrogens is 116 g/mol. The molecular formula is C7H6O2. The van der Waals surface area contributed by atoms with E-state index in [1.807, 2.05) is 0 Å². The van der Waals surface area contributed by atoms with Gasteiger partial charge >= 0.3 is 0 Å². The lowest BCUT2D eigenvalue weighted by Gasteiger charge is -1.82. The van der Waals surface area contributed by atoms with Gasteiger partial charge in [-0.25, -0.2) is 0 Å². The van der Waals surface area contributed by atoms with E-state index >= 15 is 0 Å². The molecule has 0 atom stereocenters. The Kier molecular flexibility index (Phi) is 1.39. The largest absolute Gasteiger partial charge is 0.458 e. The summed E-state index contributed by atoms with van der Waals surface area (Å²) >= 11 is 0. The van der Waals surface area contributed by atoms with Gasteiger partial charge in [-0.05, 0) is 19.1 Å². The number of ketones is 1. The highest BCUT2D eigenvalue weighted by Gasteiger charge is 2.01. The molecule has 0 saturated carbocycles. The zero-order chi connectivity index (χ0) is 6.85. The van der Waals surface area contributed by atoms with Crippen LogP contribution in [0, 0.1) is 13.8 Å². The van der Waals surface area contributed by atoms with Crippen molar-refractivity contribution in [3.8, 4) is 0 Å². The number of Topliss-reactive ketones (excluding diaryl/α,β-unsaturated/α-hetero) is 1. The molecule has 2 radical (unpaired) electrons. The lowest BCUT2D eigenvalue weighted by molar-refractivity contribution is 0.101. The predicted molar refractivity (Wildman–Crippen MR) is 32.1 cm³/mol. The first-order valence-corrected chi connectivity index (χ1v) is 2.56. The van der Waals surface area contributed by atoms with Gasteiger partial charge in [-0.1, -0.05) is 0 Å². The second-order valence-electron chi connectivity index (χ2n) is 1.77. The first-order chi connectivity index (χ1) is 4.20. The summed E-state index contributed by atoms with van der Waals surface area (Å²) in [4.78, 5) is 10.3. The van der Waals surface area contributed by atoms with E-state index in [4.69, 9.17) is 11.3 Å². The zero-order valence-corrected chi connectivity index (χ0v) is 5.05. The average Bonchev–Trinajstić information content (AvgIpc) is 2.14. The molecule has 0 aliphatic carbocycles. The van der Waals surface area contributed by atoms with E-state index < -0.39 is 5.78 Å². The number of hydrogen-bond acceptors (Lipinski definition) is 2. The van der Waals surface area contributed by atoms with E-state index in [1.165, 1.54) is 0 Å². The van der Waals surface area contributed by atoms with Crippen molar-refractivity contribution in [1.29, 1.82) is 0 Å². The molecule has 0 saturated heterocycles. The molecule has 2 heteroatoms. The van der Waals surface area contributed by atoms with Crippen molar-refractivity contribution in [2.24, 2.45) is 0 Å². The summed E-state index contributed by atoms with van der Waals surface area (Å²) in [7, 11) is 0. The second-order valence-corrected chi connectivity index (χ2v) is 1.77. The van der Waals surface area contributed by atoms with Gasteiger partial charge in [0.1, 0.15) is 5.76 Å². The van der Waals surface area contributed by atoms with E-state index in [0.29, 0.717) is 5.76 Å². The molecule has 0 amide bonds. The SMILES string of the molecule is [CH]C(=O)c1ccc(C)o1. The lowest BCUT2D eigenvalue weighted by atomic mass is 10.3. The maximum atomic E-state index is 10.3. The normalized spacial score (nSPS) is 9.56. The summed E-state index contributed by atoms with van der Waals surface area (Å²) in [6.45, 7) is 6.65. The molecule has 0 fully saturated rings. The van der Waals surface area contributed by atoms with Crippen LogP contribution in [0.4, 0.5) is 0 Å². The molecule has 0 N–H and O–H groups in total. The molecule has 0 aromatic carbocycles. The van der Waals surface area contributed by atoms with Crippen molar-refractivity contribution in [1.82, 2.24) is 0 Å². The quantitative estimate of drug-likeness (QED) is 0.528. The van der Waals surface area contributed by atoms with E-state index in [-0.39, 0.29) is 5.76 Å². The van der Waals surface area contributed by atoms with Gasteiger partial charge in [0.05, 0.1) is 0 Å². The lowest BCUT2D eigenvalue weighted by Crippen LogP contribution is -1.86. The van der Waals surface area contributed by atoms with Crippen LogP contribution in [-0.2, 0) is 0 Å². The Bertz CT molecular complexity index is 223. The van der Waals surface area contributed by atoms with E-state index in [9.17, 15) is 4.79 Å². The van der Waals surface area contributed by atoms with Crippen molar-refractivity contribution in [2.75, 3.05) is 0 Å². The van der Waals surface area contributed by atoms with Gasteiger partial charge in [-0.2, -0.15) is 0 Å². The van der Waals surface area contributed by atoms with Gasteiger partial charge in [0.25, 0.3) is 0 Å². The molecule has 1 rings (SSSR count). The number of carbonyl (C=O) groups is 1. The molecule has 1 aromatic heterocycles. The molecule has 0 unspecified atom stereocenters. The van der Waals surface area contributed by atoms with E-state index in [1.54, 1.807) is 19.1 Å². The summed E-state index contributed by atoms with van der Waals surface area (Å²) in [5.41, 5.74) is 0. The summed E-state index contributed by atoms with van der Waals surface area (Å²) in [6.07, 6.45) is 0. The van der Waals surface area contributed by atoms with E-state index in [2.05, 4.69) is 0 Å². The summed E-state index contributed by atoms with van der Waals surface area (Å²) < 4.78 is 4.87. The number of hydrogen-bond donors (Lipinski definition) is 0. The minimum atomic E-state index is -0.525. The van der Waals surface area contributed by atoms with Crippen LogP contribution in [-0.4, -0.2) is 5.78 Å². The predicted octanol–water partition coefficient (Wildman–Crippen LogP) is 1.48. The van der Waals surface area contributed by atoms with Crippen LogP contribution in [0.2, 0.25) is 0 Å². The zero-order valence-electron chi connectivity index (χ0n) is 5.05. The van der Waals surface area contributed by atoms with Crippen LogP contribution in [0.15, 0.2) is 16.5 Å². The molecule has 0 bridgehead atoms. The number of carbonyl (C=O) groups excluding carboxylic acids is 1. The fourth-order valence-electron chi connectivity index (χ4n) is 0.567. The maximum absolute atomic E-state index is 10.3. The minimum absolute atomic E-state index is 0.215. The molecule has 1 heterocycles. The van der Waals surface area contributed by atoms with E-state index in [0.717, 1.165) is 0 Å². The highest BCUT2D eigenvalue weighted by molar-refractivity contribution is 5.96. The second kappa shape index (κ2) is 2.05. The molecule has 9 heavy (non-hydrogen) atoms. The Hall–Kier alpha value is -1.05. The Labute approximate surface area is 53.5 Å². The molecule has 1 aromatic rings. The fourth-order valence-corrected chi connectivity index (χ4v) is 0.567. The maximum Gasteiger partial charge on any atom is 0.202 e. The third-order valence-electron chi connectivity index (χ3n) is 0.983. The molecule has 0 aliphatic rings. The molecule has 0 aliphatic heterocycles. The van der Waals surface area contributed by atoms with Crippen molar-refractivity contribution in [2.45, 2.75) is 6.92 Å². The molecule has 46 valence electrons. The van der Waals surface area contributed by atoms with Crippen molar-refractivity contribution < 1.29 is 9.21 Å². The molecule has 0 spiro atoms. The molecule has 2 nitrogen and oxygen atoms in total. The summed E-state index contributed by atoms with van der Waals surface area (Å²) in [5, 5.41) is 0. The number of rotatable bonds is 1. The highest BCUT2D eigenvalue weighted by atomic mass is 16.3.